The Morgan fingerprint density at radius 2 is 2.16 bits per heavy atom. The Morgan fingerprint density at radius 3 is 2.89 bits per heavy atom. The number of fused-ring (bicyclic) bond motifs is 1. The van der Waals surface area contributed by atoms with Crippen molar-refractivity contribution in [1.82, 2.24) is 9.97 Å². The maximum atomic E-state index is 12.0. The first-order chi connectivity index (χ1) is 9.11. The Hall–Kier alpha value is -2.21. The number of nitrogens with one attached hydrogen (secondary N) is 1. The molecule has 0 radical (unpaired) electrons. The molecule has 3 aromatic rings. The fourth-order valence-electron chi connectivity index (χ4n) is 1.78. The van der Waals surface area contributed by atoms with Gasteiger partial charge in [0.2, 0.25) is 0 Å². The molecule has 0 saturated heterocycles. The van der Waals surface area contributed by atoms with Gasteiger partial charge in [-0.05, 0) is 19.1 Å². The lowest BCUT2D eigenvalue weighted by Crippen LogP contribution is -2.12. The number of thiazole rings is 1. The van der Waals surface area contributed by atoms with Gasteiger partial charge in [-0.25, -0.2) is 9.97 Å². The molecule has 0 aliphatic heterocycles. The van der Waals surface area contributed by atoms with Gasteiger partial charge >= 0.3 is 0 Å². The second kappa shape index (κ2) is 4.47. The summed E-state index contributed by atoms with van der Waals surface area (Å²) in [7, 11) is 0. The molecule has 0 aliphatic rings. The molecule has 1 amide bonds. The molecule has 0 fully saturated rings. The summed E-state index contributed by atoms with van der Waals surface area (Å²) >= 11 is 1.45. The smallest absolute Gasteiger partial charge is 0.275 e. The van der Waals surface area contributed by atoms with Crippen LogP contribution in [0.1, 0.15) is 21.4 Å². The van der Waals surface area contributed by atoms with E-state index in [2.05, 4.69) is 15.3 Å². The number of amides is 1. The van der Waals surface area contributed by atoms with Crippen molar-refractivity contribution in [3.63, 3.8) is 0 Å². The predicted molar refractivity (Wildman–Crippen MR) is 73.6 cm³/mol. The van der Waals surface area contributed by atoms with Crippen LogP contribution in [0.5, 0.6) is 0 Å². The highest BCUT2D eigenvalue weighted by molar-refractivity contribution is 7.09. The number of carbonyl (C=O) groups excluding carboxylic acids is 1. The van der Waals surface area contributed by atoms with Crippen LogP contribution >= 0.6 is 11.3 Å². The van der Waals surface area contributed by atoms with Crippen LogP contribution < -0.4 is 5.32 Å². The minimum Gasteiger partial charge on any atom is -0.441 e. The third-order valence-corrected chi connectivity index (χ3v) is 3.38. The highest BCUT2D eigenvalue weighted by Gasteiger charge is 2.10. The van der Waals surface area contributed by atoms with Crippen LogP contribution in [0.15, 0.2) is 28.0 Å². The van der Waals surface area contributed by atoms with Crippen molar-refractivity contribution < 1.29 is 9.21 Å². The summed E-state index contributed by atoms with van der Waals surface area (Å²) in [6.45, 7) is 3.65. The van der Waals surface area contributed by atoms with Gasteiger partial charge in [-0.2, -0.15) is 0 Å². The third-order valence-electron chi connectivity index (χ3n) is 2.60. The first-order valence-electron chi connectivity index (χ1n) is 5.72. The molecular weight excluding hydrogens is 262 g/mol. The fourth-order valence-corrected chi connectivity index (χ4v) is 2.37. The van der Waals surface area contributed by atoms with Gasteiger partial charge in [0, 0.05) is 24.1 Å². The first-order valence-corrected chi connectivity index (χ1v) is 6.60. The van der Waals surface area contributed by atoms with Crippen LogP contribution in [0.4, 0.5) is 5.69 Å². The van der Waals surface area contributed by atoms with E-state index in [-0.39, 0.29) is 5.91 Å². The molecular formula is C13H11N3O2S. The van der Waals surface area contributed by atoms with Gasteiger partial charge in [-0.1, -0.05) is 0 Å². The lowest BCUT2D eigenvalue weighted by molar-refractivity contribution is 0.102. The average Bonchev–Trinajstić information content (AvgIpc) is 2.93. The van der Waals surface area contributed by atoms with Crippen LogP contribution in [-0.4, -0.2) is 15.9 Å². The van der Waals surface area contributed by atoms with Gasteiger partial charge in [0.15, 0.2) is 11.5 Å². The second-order valence-corrected chi connectivity index (χ2v) is 5.18. The SMILES string of the molecule is Cc1nc2ccc(NC(=O)c3csc(C)n3)cc2o1. The Labute approximate surface area is 113 Å². The van der Waals surface area contributed by atoms with Crippen molar-refractivity contribution in [2.75, 3.05) is 5.32 Å². The van der Waals surface area contributed by atoms with Crippen LogP contribution in [0.2, 0.25) is 0 Å². The number of rotatable bonds is 2. The molecule has 0 unspecified atom stereocenters. The molecule has 5 nitrogen and oxygen atoms in total. The molecule has 1 aromatic carbocycles. The summed E-state index contributed by atoms with van der Waals surface area (Å²) in [6, 6.07) is 5.36. The zero-order chi connectivity index (χ0) is 13.4. The van der Waals surface area contributed by atoms with Gasteiger partial charge < -0.3 is 9.73 Å². The fraction of sp³-hybridized carbons (Fsp3) is 0.154. The molecule has 0 saturated carbocycles. The molecule has 2 aromatic heterocycles. The van der Waals surface area contributed by atoms with Gasteiger partial charge in [-0.3, -0.25) is 4.79 Å². The van der Waals surface area contributed by atoms with Crippen molar-refractivity contribution >= 4 is 34.0 Å². The van der Waals surface area contributed by atoms with E-state index in [1.165, 1.54) is 11.3 Å². The van der Waals surface area contributed by atoms with E-state index in [0.29, 0.717) is 22.9 Å². The Kier molecular flexibility index (Phi) is 2.79. The minimum atomic E-state index is -0.222. The zero-order valence-electron chi connectivity index (χ0n) is 10.4. The molecule has 0 atom stereocenters. The summed E-state index contributed by atoms with van der Waals surface area (Å²) < 4.78 is 5.42. The number of nitrogens with zero attached hydrogens (tertiary/aromatic N) is 2. The number of oxazole rings is 1. The molecule has 0 aliphatic carbocycles. The average molecular weight is 273 g/mol. The molecule has 96 valence electrons. The quantitative estimate of drug-likeness (QED) is 0.778. The van der Waals surface area contributed by atoms with Crippen LogP contribution in [0.3, 0.4) is 0 Å². The monoisotopic (exact) mass is 273 g/mol. The summed E-state index contributed by atoms with van der Waals surface area (Å²) in [6.07, 6.45) is 0. The van der Waals surface area contributed by atoms with Crippen molar-refractivity contribution in [3.8, 4) is 0 Å². The maximum Gasteiger partial charge on any atom is 0.275 e. The lowest BCUT2D eigenvalue weighted by atomic mass is 10.3. The summed E-state index contributed by atoms with van der Waals surface area (Å²) in [4.78, 5) is 20.3. The van der Waals surface area contributed by atoms with Gasteiger partial charge in [-0.15, -0.1) is 11.3 Å². The highest BCUT2D eigenvalue weighted by atomic mass is 32.1. The molecule has 2 heterocycles. The largest absolute Gasteiger partial charge is 0.441 e. The topological polar surface area (TPSA) is 68.0 Å². The highest BCUT2D eigenvalue weighted by Crippen LogP contribution is 2.20. The van der Waals surface area contributed by atoms with E-state index in [1.807, 2.05) is 13.0 Å². The molecule has 6 heteroatoms. The van der Waals surface area contributed by atoms with Crippen LogP contribution in [-0.2, 0) is 0 Å². The van der Waals surface area contributed by atoms with E-state index in [0.717, 1.165) is 10.5 Å². The van der Waals surface area contributed by atoms with Crippen molar-refractivity contribution in [2.24, 2.45) is 0 Å². The standard InChI is InChI=1S/C13H11N3O2S/c1-7-14-10-4-3-9(5-12(10)18-7)16-13(17)11-6-19-8(2)15-11/h3-6H,1-2H3,(H,16,17). The summed E-state index contributed by atoms with van der Waals surface area (Å²) in [5.41, 5.74) is 2.53. The van der Waals surface area contributed by atoms with E-state index in [1.54, 1.807) is 24.4 Å². The molecule has 0 spiro atoms. The van der Waals surface area contributed by atoms with Gasteiger partial charge in [0.25, 0.3) is 5.91 Å². The third kappa shape index (κ3) is 2.34. The molecule has 3 rings (SSSR count). The Bertz CT molecular complexity index is 760. The van der Waals surface area contributed by atoms with Gasteiger partial charge in [0.05, 0.1) is 5.01 Å². The van der Waals surface area contributed by atoms with Crippen molar-refractivity contribution in [2.45, 2.75) is 13.8 Å². The van der Waals surface area contributed by atoms with Crippen LogP contribution in [0.25, 0.3) is 11.1 Å². The number of aromatic nitrogens is 2. The minimum absolute atomic E-state index is 0.222. The first kappa shape index (κ1) is 11.9. The normalized spacial score (nSPS) is 10.8. The molecule has 1 N–H and O–H groups in total. The Morgan fingerprint density at radius 1 is 1.32 bits per heavy atom. The summed E-state index contributed by atoms with van der Waals surface area (Å²) in [5, 5.41) is 5.40. The molecule has 0 bridgehead atoms. The van der Waals surface area contributed by atoms with Gasteiger partial charge in [0.1, 0.15) is 11.2 Å². The number of hydrogen-bond donors (Lipinski definition) is 1. The summed E-state index contributed by atoms with van der Waals surface area (Å²) in [5.74, 6) is 0.383. The lowest BCUT2D eigenvalue weighted by Gasteiger charge is -2.02. The van der Waals surface area contributed by atoms with E-state index in [9.17, 15) is 4.79 Å². The number of benzene rings is 1. The number of carbonyl (C=O) groups is 1. The van der Waals surface area contributed by atoms with E-state index < -0.39 is 0 Å². The van der Waals surface area contributed by atoms with Crippen molar-refractivity contribution in [1.29, 1.82) is 0 Å². The van der Waals surface area contributed by atoms with E-state index in [4.69, 9.17) is 4.42 Å². The van der Waals surface area contributed by atoms with Crippen molar-refractivity contribution in [3.05, 3.63) is 40.2 Å². The number of hydrogen-bond acceptors (Lipinski definition) is 5. The zero-order valence-corrected chi connectivity index (χ0v) is 11.2. The van der Waals surface area contributed by atoms with Crippen LogP contribution in [0, 0.1) is 13.8 Å². The molecule has 19 heavy (non-hydrogen) atoms. The predicted octanol–water partition coefficient (Wildman–Crippen LogP) is 3.15. The number of aryl methyl sites for hydroxylation is 2. The second-order valence-electron chi connectivity index (χ2n) is 4.12. The number of anilines is 1. The van der Waals surface area contributed by atoms with E-state index >= 15 is 0 Å². The Balaban J connectivity index is 1.86. The maximum absolute atomic E-state index is 12.0.